The number of amides is 2. The van der Waals surface area contributed by atoms with Crippen LogP contribution >= 0.6 is 0 Å². The molecule has 0 saturated carbocycles. The lowest BCUT2D eigenvalue weighted by Crippen LogP contribution is -2.47. The molecule has 2 amide bonds. The average molecular weight is 351 g/mol. The zero-order chi connectivity index (χ0) is 17.9. The van der Waals surface area contributed by atoms with Crippen molar-refractivity contribution < 1.29 is 9.90 Å². The van der Waals surface area contributed by atoms with Gasteiger partial charge in [-0.15, -0.1) is 0 Å². The molecule has 1 unspecified atom stereocenters. The first-order valence-electron chi connectivity index (χ1n) is 9.41. The summed E-state index contributed by atoms with van der Waals surface area (Å²) < 4.78 is 0. The van der Waals surface area contributed by atoms with Gasteiger partial charge in [0.2, 0.25) is 0 Å². The molecule has 136 valence electrons. The number of likely N-dealkylation sites (tertiary alicyclic amines) is 1. The standard InChI is InChI=1S/C21H25N3O2/c25-14-18-6-3-4-12-24(18)21(26)22-17-11-10-16-9-8-15-5-1-2-7-19(15)23-20(16)13-17/h1-2,5,7,10-11,13,18,23,25H,3-4,6,8-9,12,14H2,(H,22,26). The SMILES string of the molecule is O=C(Nc1ccc2c(c1)Nc1ccccc1CC2)N1CCCCC1CO. The monoisotopic (exact) mass is 351 g/mol. The van der Waals surface area contributed by atoms with Crippen molar-refractivity contribution in [3.05, 3.63) is 53.6 Å². The van der Waals surface area contributed by atoms with E-state index >= 15 is 0 Å². The maximum Gasteiger partial charge on any atom is 0.322 e. The largest absolute Gasteiger partial charge is 0.394 e. The topological polar surface area (TPSA) is 64.6 Å². The molecule has 1 fully saturated rings. The Bertz CT molecular complexity index is 806. The molecule has 5 heteroatoms. The van der Waals surface area contributed by atoms with Crippen LogP contribution in [0.3, 0.4) is 0 Å². The van der Waals surface area contributed by atoms with Crippen molar-refractivity contribution >= 4 is 23.1 Å². The maximum atomic E-state index is 12.7. The van der Waals surface area contributed by atoms with E-state index in [0.717, 1.165) is 49.2 Å². The lowest BCUT2D eigenvalue weighted by Gasteiger charge is -2.34. The summed E-state index contributed by atoms with van der Waals surface area (Å²) in [5, 5.41) is 16.0. The molecule has 0 spiro atoms. The Morgan fingerprint density at radius 1 is 1.12 bits per heavy atom. The first kappa shape index (κ1) is 16.9. The number of rotatable bonds is 2. The van der Waals surface area contributed by atoms with Crippen LogP contribution in [0.15, 0.2) is 42.5 Å². The first-order valence-corrected chi connectivity index (χ1v) is 9.41. The van der Waals surface area contributed by atoms with Crippen LogP contribution in [-0.4, -0.2) is 35.2 Å². The van der Waals surface area contributed by atoms with Gasteiger partial charge in [-0.25, -0.2) is 4.79 Å². The van der Waals surface area contributed by atoms with Gasteiger partial charge in [-0.1, -0.05) is 24.3 Å². The van der Waals surface area contributed by atoms with Crippen molar-refractivity contribution in [1.29, 1.82) is 0 Å². The summed E-state index contributed by atoms with van der Waals surface area (Å²) in [6.07, 6.45) is 4.91. The van der Waals surface area contributed by atoms with E-state index in [4.69, 9.17) is 0 Å². The molecule has 5 nitrogen and oxygen atoms in total. The predicted molar refractivity (Wildman–Crippen MR) is 104 cm³/mol. The molecule has 0 radical (unpaired) electrons. The number of carbonyl (C=O) groups excluding carboxylic acids is 1. The van der Waals surface area contributed by atoms with Gasteiger partial charge in [0.05, 0.1) is 12.6 Å². The number of piperidine rings is 1. The first-order chi connectivity index (χ1) is 12.7. The van der Waals surface area contributed by atoms with Crippen LogP contribution in [0.4, 0.5) is 21.9 Å². The third kappa shape index (κ3) is 3.40. The summed E-state index contributed by atoms with van der Waals surface area (Å²) in [6, 6.07) is 14.2. The molecule has 1 atom stereocenters. The Balaban J connectivity index is 1.52. The molecular formula is C21H25N3O2. The normalized spacial score (nSPS) is 19.0. The zero-order valence-corrected chi connectivity index (χ0v) is 14.9. The molecule has 4 rings (SSSR count). The number of nitrogens with zero attached hydrogens (tertiary/aromatic N) is 1. The molecule has 2 heterocycles. The highest BCUT2D eigenvalue weighted by atomic mass is 16.3. The van der Waals surface area contributed by atoms with Crippen LogP contribution in [0.2, 0.25) is 0 Å². The molecule has 26 heavy (non-hydrogen) atoms. The van der Waals surface area contributed by atoms with Gasteiger partial charge in [-0.05, 0) is 61.4 Å². The second kappa shape index (κ2) is 7.38. The van der Waals surface area contributed by atoms with Gasteiger partial charge in [0.15, 0.2) is 0 Å². The number of aryl methyl sites for hydroxylation is 2. The van der Waals surface area contributed by atoms with E-state index < -0.39 is 0 Å². The van der Waals surface area contributed by atoms with Gasteiger partial charge in [-0.3, -0.25) is 0 Å². The van der Waals surface area contributed by atoms with Gasteiger partial charge in [-0.2, -0.15) is 0 Å². The fourth-order valence-corrected chi connectivity index (χ4v) is 3.92. The van der Waals surface area contributed by atoms with Crippen LogP contribution in [-0.2, 0) is 12.8 Å². The van der Waals surface area contributed by atoms with Crippen molar-refractivity contribution in [1.82, 2.24) is 4.90 Å². The number of urea groups is 1. The van der Waals surface area contributed by atoms with Gasteiger partial charge in [0.25, 0.3) is 0 Å². The van der Waals surface area contributed by atoms with E-state index in [9.17, 15) is 9.90 Å². The average Bonchev–Trinajstić information content (AvgIpc) is 2.86. The van der Waals surface area contributed by atoms with E-state index in [-0.39, 0.29) is 18.7 Å². The van der Waals surface area contributed by atoms with E-state index in [2.05, 4.69) is 34.9 Å². The number of benzene rings is 2. The Morgan fingerprint density at radius 3 is 2.77 bits per heavy atom. The summed E-state index contributed by atoms with van der Waals surface area (Å²) >= 11 is 0. The number of hydrogen-bond acceptors (Lipinski definition) is 3. The van der Waals surface area contributed by atoms with Crippen molar-refractivity contribution in [2.24, 2.45) is 0 Å². The van der Waals surface area contributed by atoms with Gasteiger partial charge < -0.3 is 20.6 Å². The third-order valence-corrected chi connectivity index (χ3v) is 5.41. The lowest BCUT2D eigenvalue weighted by atomic mass is 10.0. The minimum atomic E-state index is -0.127. The fraction of sp³-hybridized carbons (Fsp3) is 0.381. The summed E-state index contributed by atoms with van der Waals surface area (Å²) in [5.74, 6) is 0. The van der Waals surface area contributed by atoms with E-state index in [0.29, 0.717) is 6.54 Å². The zero-order valence-electron chi connectivity index (χ0n) is 14.9. The second-order valence-electron chi connectivity index (χ2n) is 7.11. The number of aliphatic hydroxyl groups excluding tert-OH is 1. The van der Waals surface area contributed by atoms with E-state index in [1.165, 1.54) is 11.1 Å². The summed E-state index contributed by atoms with van der Waals surface area (Å²) in [4.78, 5) is 14.4. The molecule has 1 saturated heterocycles. The number of para-hydroxylation sites is 1. The number of anilines is 3. The highest BCUT2D eigenvalue weighted by Crippen LogP contribution is 2.32. The lowest BCUT2D eigenvalue weighted by molar-refractivity contribution is 0.115. The van der Waals surface area contributed by atoms with Gasteiger partial charge >= 0.3 is 6.03 Å². The Morgan fingerprint density at radius 2 is 1.92 bits per heavy atom. The summed E-state index contributed by atoms with van der Waals surface area (Å²) in [6.45, 7) is 0.726. The van der Waals surface area contributed by atoms with Crippen molar-refractivity contribution in [3.8, 4) is 0 Å². The highest BCUT2D eigenvalue weighted by Gasteiger charge is 2.26. The van der Waals surface area contributed by atoms with Crippen LogP contribution < -0.4 is 10.6 Å². The molecule has 0 aliphatic carbocycles. The predicted octanol–water partition coefficient (Wildman–Crippen LogP) is 3.91. The third-order valence-electron chi connectivity index (χ3n) is 5.41. The number of fused-ring (bicyclic) bond motifs is 2. The molecule has 0 aromatic heterocycles. The molecule has 2 aliphatic heterocycles. The summed E-state index contributed by atoms with van der Waals surface area (Å²) in [7, 11) is 0. The molecule has 2 aromatic rings. The number of nitrogens with one attached hydrogen (secondary N) is 2. The Labute approximate surface area is 154 Å². The van der Waals surface area contributed by atoms with Crippen molar-refractivity contribution in [3.63, 3.8) is 0 Å². The minimum Gasteiger partial charge on any atom is -0.394 e. The van der Waals surface area contributed by atoms with Crippen LogP contribution in [0.1, 0.15) is 30.4 Å². The summed E-state index contributed by atoms with van der Waals surface area (Å²) in [5.41, 5.74) is 5.53. The maximum absolute atomic E-state index is 12.7. The molecule has 3 N–H and O–H groups in total. The Hall–Kier alpha value is -2.53. The van der Waals surface area contributed by atoms with Crippen molar-refractivity contribution in [2.45, 2.75) is 38.1 Å². The number of carbonyl (C=O) groups is 1. The second-order valence-corrected chi connectivity index (χ2v) is 7.11. The molecular weight excluding hydrogens is 326 g/mol. The fourth-order valence-electron chi connectivity index (χ4n) is 3.92. The van der Waals surface area contributed by atoms with Crippen LogP contribution in [0, 0.1) is 0 Å². The molecule has 2 aromatic carbocycles. The van der Waals surface area contributed by atoms with Crippen molar-refractivity contribution in [2.75, 3.05) is 23.8 Å². The number of aliphatic hydroxyl groups is 1. The van der Waals surface area contributed by atoms with E-state index in [1.807, 2.05) is 18.2 Å². The molecule has 2 aliphatic rings. The highest BCUT2D eigenvalue weighted by molar-refractivity contribution is 5.90. The smallest absolute Gasteiger partial charge is 0.322 e. The van der Waals surface area contributed by atoms with Crippen LogP contribution in [0.5, 0.6) is 0 Å². The van der Waals surface area contributed by atoms with E-state index in [1.54, 1.807) is 4.90 Å². The minimum absolute atomic E-state index is 0.0238. The van der Waals surface area contributed by atoms with Gasteiger partial charge in [0.1, 0.15) is 0 Å². The van der Waals surface area contributed by atoms with Crippen LogP contribution in [0.25, 0.3) is 0 Å². The van der Waals surface area contributed by atoms with Gasteiger partial charge in [0, 0.05) is 23.6 Å². The quantitative estimate of drug-likeness (QED) is 0.769. The number of hydrogen-bond donors (Lipinski definition) is 3. The molecule has 0 bridgehead atoms. The Kier molecular flexibility index (Phi) is 4.80.